The fourth-order valence-electron chi connectivity index (χ4n) is 5.50. The molecule has 0 spiro atoms. The maximum absolute atomic E-state index is 13.6. The molecule has 0 aromatic heterocycles. The van der Waals surface area contributed by atoms with E-state index in [1.54, 1.807) is 24.0 Å². The number of anilines is 1. The van der Waals surface area contributed by atoms with Gasteiger partial charge in [0.2, 0.25) is 5.91 Å². The third kappa shape index (κ3) is 6.06. The van der Waals surface area contributed by atoms with Crippen molar-refractivity contribution in [2.75, 3.05) is 4.90 Å². The number of rotatable bonds is 9. The molecule has 3 aromatic carbocycles. The van der Waals surface area contributed by atoms with E-state index in [1.807, 2.05) is 12.1 Å². The fourth-order valence-corrected chi connectivity index (χ4v) is 6.62. The number of hydrogen-bond donors (Lipinski definition) is 4. The Morgan fingerprint density at radius 2 is 1.55 bits per heavy atom. The summed E-state index contributed by atoms with van der Waals surface area (Å²) in [5.74, 6) is -3.49. The smallest absolute Gasteiger partial charge is 0.335 e. The van der Waals surface area contributed by atoms with Crippen LogP contribution in [0.2, 0.25) is 0 Å². The van der Waals surface area contributed by atoms with Crippen LogP contribution in [0.15, 0.2) is 77.7 Å². The number of ether oxygens (including phenoxy) is 1. The molecule has 222 valence electrons. The Morgan fingerprint density at radius 3 is 2.14 bits per heavy atom. The summed E-state index contributed by atoms with van der Waals surface area (Å²) >= 11 is 1.13. The minimum absolute atomic E-state index is 0.164. The van der Waals surface area contributed by atoms with Gasteiger partial charge in [-0.25, -0.2) is 13.6 Å². The van der Waals surface area contributed by atoms with E-state index < -0.39 is 65.3 Å². The summed E-state index contributed by atoms with van der Waals surface area (Å²) in [7, 11) is 0. The van der Waals surface area contributed by atoms with E-state index in [-0.39, 0.29) is 12.3 Å². The zero-order valence-corrected chi connectivity index (χ0v) is 23.4. The molecular weight excluding hydrogens is 568 g/mol. The number of hydrogen-bond acceptors (Lipinski definition) is 7. The SMILES string of the molecule is C[C@@H]1[C@@H](O)[C@H](Sc2ccc([C@@H]3[C@@H](CC[C@H](O)c4ccc(F)cc4)C(=O)N3c3ccc(F)cc3)cc2)O[C@H](C(=O)O)[C@H]1O. The van der Waals surface area contributed by atoms with Gasteiger partial charge in [0.25, 0.3) is 0 Å². The highest BCUT2D eigenvalue weighted by Crippen LogP contribution is 2.47. The first kappa shape index (κ1) is 30.1. The number of amides is 1. The maximum atomic E-state index is 13.6. The van der Waals surface area contributed by atoms with Crippen LogP contribution in [0.3, 0.4) is 0 Å². The van der Waals surface area contributed by atoms with Crippen molar-refractivity contribution < 1.29 is 43.5 Å². The van der Waals surface area contributed by atoms with Gasteiger partial charge < -0.3 is 30.1 Å². The molecule has 2 heterocycles. The Labute approximate surface area is 245 Å². The minimum atomic E-state index is -1.46. The number of benzene rings is 3. The molecular formula is C31H31F2NO7S. The molecule has 1 amide bonds. The lowest BCUT2D eigenvalue weighted by atomic mass is 9.78. The van der Waals surface area contributed by atoms with Crippen LogP contribution in [-0.2, 0) is 14.3 Å². The summed E-state index contributed by atoms with van der Waals surface area (Å²) in [6.07, 6.45) is -4.16. The van der Waals surface area contributed by atoms with Crippen LogP contribution in [0.5, 0.6) is 0 Å². The first-order valence-electron chi connectivity index (χ1n) is 13.6. The summed E-state index contributed by atoms with van der Waals surface area (Å²) in [5, 5.41) is 40.8. The summed E-state index contributed by atoms with van der Waals surface area (Å²) in [4.78, 5) is 27.1. The van der Waals surface area contributed by atoms with Crippen LogP contribution in [0.1, 0.15) is 43.0 Å². The molecule has 2 saturated heterocycles. The number of aliphatic hydroxyl groups is 3. The van der Waals surface area contributed by atoms with Gasteiger partial charge in [0.1, 0.15) is 17.1 Å². The molecule has 42 heavy (non-hydrogen) atoms. The van der Waals surface area contributed by atoms with Gasteiger partial charge in [0.15, 0.2) is 6.10 Å². The molecule has 2 fully saturated rings. The van der Waals surface area contributed by atoms with Crippen molar-refractivity contribution in [3.63, 3.8) is 0 Å². The molecule has 5 rings (SSSR count). The van der Waals surface area contributed by atoms with Crippen molar-refractivity contribution in [3.8, 4) is 0 Å². The highest BCUT2D eigenvalue weighted by atomic mass is 32.2. The van der Waals surface area contributed by atoms with E-state index in [1.165, 1.54) is 48.5 Å². The second-order valence-corrected chi connectivity index (χ2v) is 11.8. The highest BCUT2D eigenvalue weighted by molar-refractivity contribution is 7.99. The summed E-state index contributed by atoms with van der Waals surface area (Å²) in [6, 6.07) is 18.0. The van der Waals surface area contributed by atoms with Gasteiger partial charge in [0.05, 0.1) is 30.3 Å². The van der Waals surface area contributed by atoms with Crippen molar-refractivity contribution >= 4 is 29.3 Å². The second kappa shape index (κ2) is 12.5. The lowest BCUT2D eigenvalue weighted by Gasteiger charge is -2.48. The molecule has 0 saturated carbocycles. The third-order valence-electron chi connectivity index (χ3n) is 7.99. The van der Waals surface area contributed by atoms with Crippen LogP contribution in [0.25, 0.3) is 0 Å². The van der Waals surface area contributed by atoms with Crippen molar-refractivity contribution in [3.05, 3.63) is 95.6 Å². The van der Waals surface area contributed by atoms with Gasteiger partial charge in [-0.1, -0.05) is 43.0 Å². The number of carbonyl (C=O) groups excluding carboxylic acids is 1. The standard InChI is InChI=1S/C31H31F2NO7S/c1-16-26(36)28(30(39)40)41-31(27(16)37)42-22-12-4-18(5-13-22)25-23(14-15-24(35)17-2-6-19(32)7-3-17)29(38)34(25)21-10-8-20(33)9-11-21/h2-13,16,23-28,31,35-37H,14-15H2,1H3,(H,39,40)/t16-,23+,24-,25+,26-,27+,28-,31-/m0/s1. The number of carboxylic acids is 1. The molecule has 8 nitrogen and oxygen atoms in total. The van der Waals surface area contributed by atoms with Gasteiger partial charge in [-0.3, -0.25) is 4.79 Å². The topological polar surface area (TPSA) is 128 Å². The Balaban J connectivity index is 1.34. The van der Waals surface area contributed by atoms with Crippen molar-refractivity contribution in [1.29, 1.82) is 0 Å². The van der Waals surface area contributed by atoms with Gasteiger partial charge >= 0.3 is 5.97 Å². The number of carboxylic acid groups (broad SMARTS) is 1. The lowest BCUT2D eigenvalue weighted by Crippen LogP contribution is -2.55. The number of β-lactam (4-membered cyclic amide) rings is 1. The van der Waals surface area contributed by atoms with Crippen LogP contribution in [0.4, 0.5) is 14.5 Å². The predicted molar refractivity (Wildman–Crippen MR) is 150 cm³/mol. The number of carbonyl (C=O) groups is 2. The monoisotopic (exact) mass is 599 g/mol. The second-order valence-electron chi connectivity index (χ2n) is 10.7. The minimum Gasteiger partial charge on any atom is -0.479 e. The van der Waals surface area contributed by atoms with Gasteiger partial charge in [-0.2, -0.15) is 0 Å². The summed E-state index contributed by atoms with van der Waals surface area (Å²) in [6.45, 7) is 1.56. The molecule has 0 unspecified atom stereocenters. The van der Waals surface area contributed by atoms with Crippen LogP contribution in [0, 0.1) is 23.5 Å². The van der Waals surface area contributed by atoms with Gasteiger partial charge in [-0.15, -0.1) is 0 Å². The van der Waals surface area contributed by atoms with Crippen molar-refractivity contribution in [2.45, 2.75) is 60.6 Å². The van der Waals surface area contributed by atoms with Crippen LogP contribution >= 0.6 is 11.8 Å². The van der Waals surface area contributed by atoms with Gasteiger partial charge in [-0.05, 0) is 72.5 Å². The molecule has 0 aliphatic carbocycles. The third-order valence-corrected chi connectivity index (χ3v) is 9.16. The fraction of sp³-hybridized carbons (Fsp3) is 0.355. The molecule has 8 atom stereocenters. The summed E-state index contributed by atoms with van der Waals surface area (Å²) < 4.78 is 32.4. The normalized spacial score (nSPS) is 28.3. The zero-order chi connectivity index (χ0) is 30.1. The summed E-state index contributed by atoms with van der Waals surface area (Å²) in [5.41, 5.74) is 0.959. The number of aliphatic carboxylic acids is 1. The van der Waals surface area contributed by atoms with Crippen LogP contribution < -0.4 is 4.90 Å². The number of halogens is 2. The predicted octanol–water partition coefficient (Wildman–Crippen LogP) is 4.44. The first-order valence-corrected chi connectivity index (χ1v) is 14.5. The Kier molecular flexibility index (Phi) is 8.95. The quantitative estimate of drug-likeness (QED) is 0.266. The molecule has 11 heteroatoms. The Morgan fingerprint density at radius 1 is 0.952 bits per heavy atom. The molecule has 0 bridgehead atoms. The molecule has 0 radical (unpaired) electrons. The number of nitrogens with zero attached hydrogens (tertiary/aromatic N) is 1. The van der Waals surface area contributed by atoms with Crippen LogP contribution in [-0.4, -0.2) is 56.1 Å². The maximum Gasteiger partial charge on any atom is 0.335 e. The lowest BCUT2D eigenvalue weighted by molar-refractivity contribution is -0.191. The van der Waals surface area contributed by atoms with E-state index in [4.69, 9.17) is 4.74 Å². The van der Waals surface area contributed by atoms with Crippen molar-refractivity contribution in [1.82, 2.24) is 0 Å². The highest BCUT2D eigenvalue weighted by Gasteiger charge is 2.49. The Bertz CT molecular complexity index is 1410. The molecule has 3 aromatic rings. The van der Waals surface area contributed by atoms with E-state index in [0.717, 1.165) is 17.3 Å². The van der Waals surface area contributed by atoms with E-state index in [9.17, 15) is 38.8 Å². The number of thioether (sulfide) groups is 1. The van der Waals surface area contributed by atoms with E-state index in [0.29, 0.717) is 22.6 Å². The molecule has 2 aliphatic rings. The van der Waals surface area contributed by atoms with E-state index in [2.05, 4.69) is 0 Å². The number of aliphatic hydroxyl groups excluding tert-OH is 3. The Hall–Kier alpha value is -3.35. The zero-order valence-electron chi connectivity index (χ0n) is 22.6. The van der Waals surface area contributed by atoms with Gasteiger partial charge in [0, 0.05) is 16.5 Å². The average Bonchev–Trinajstić information content (AvgIpc) is 2.97. The van der Waals surface area contributed by atoms with Crippen molar-refractivity contribution in [2.24, 2.45) is 11.8 Å². The molecule has 4 N–H and O–H groups in total. The molecule has 2 aliphatic heterocycles. The largest absolute Gasteiger partial charge is 0.479 e. The average molecular weight is 600 g/mol. The van der Waals surface area contributed by atoms with E-state index >= 15 is 0 Å². The first-order chi connectivity index (χ1) is 20.0.